The van der Waals surface area contributed by atoms with Crippen LogP contribution in [0.3, 0.4) is 0 Å². The highest BCUT2D eigenvalue weighted by atomic mass is 32.2. The van der Waals surface area contributed by atoms with Crippen LogP contribution in [0.2, 0.25) is 0 Å². The van der Waals surface area contributed by atoms with Crippen LogP contribution in [0, 0.1) is 12.8 Å². The molecular formula is C27H44N2O7S. The summed E-state index contributed by atoms with van der Waals surface area (Å²) in [6.07, 6.45) is 6.31. The predicted octanol–water partition coefficient (Wildman–Crippen LogP) is 3.81. The fourth-order valence-electron chi connectivity index (χ4n) is 4.54. The molecule has 0 saturated carbocycles. The van der Waals surface area contributed by atoms with Crippen LogP contribution in [-0.2, 0) is 29.2 Å². The minimum Gasteiger partial charge on any atom is -0.462 e. The number of hydrogen-bond acceptors (Lipinski definition) is 7. The standard InChI is InChI=1S/C20H36N2O4.C7H8O3S/c1-8-10-15-12-16(19(24)26-13(3)4)22-17(15)18(21-14(5)23)20(6,25-7)11-9-2;1-6-2-4-7(5-3-6)11(8,9)10/h8,10,13,15-18,22H,9,11-12H2,1-7H3,(H,21,23);2-5H,1H3,(H,8,9,10)/b10-8-;/t15?,16-,17-,18-,20+;/m1./s1. The Hall–Kier alpha value is -2.27. The molecule has 3 N–H and O–H groups in total. The summed E-state index contributed by atoms with van der Waals surface area (Å²) in [5.74, 6) is -0.246. The molecule has 1 aliphatic heterocycles. The van der Waals surface area contributed by atoms with Gasteiger partial charge in [0.15, 0.2) is 0 Å². The zero-order valence-electron chi connectivity index (χ0n) is 23.3. The van der Waals surface area contributed by atoms with E-state index in [9.17, 15) is 18.0 Å². The summed E-state index contributed by atoms with van der Waals surface area (Å²) in [5, 5.41) is 6.49. The van der Waals surface area contributed by atoms with Crippen molar-refractivity contribution in [3.63, 3.8) is 0 Å². The maximum absolute atomic E-state index is 12.4. The lowest BCUT2D eigenvalue weighted by atomic mass is 9.81. The lowest BCUT2D eigenvalue weighted by Gasteiger charge is -2.41. The number of carbonyl (C=O) groups is 2. The van der Waals surface area contributed by atoms with E-state index in [0.717, 1.165) is 18.4 Å². The number of hydrogen-bond donors (Lipinski definition) is 3. The fraction of sp³-hybridized carbons (Fsp3) is 0.630. The number of esters is 1. The molecule has 1 aliphatic rings. The fourth-order valence-corrected chi connectivity index (χ4v) is 5.02. The quantitative estimate of drug-likeness (QED) is 0.232. The molecule has 1 saturated heterocycles. The van der Waals surface area contributed by atoms with E-state index in [1.54, 1.807) is 19.2 Å². The van der Waals surface area contributed by atoms with Gasteiger partial charge in [-0.15, -0.1) is 0 Å². The molecule has 1 unspecified atom stereocenters. The van der Waals surface area contributed by atoms with Crippen molar-refractivity contribution in [3.8, 4) is 0 Å². The van der Waals surface area contributed by atoms with Crippen molar-refractivity contribution in [2.75, 3.05) is 7.11 Å². The van der Waals surface area contributed by atoms with Crippen LogP contribution in [0.15, 0.2) is 41.3 Å². The summed E-state index contributed by atoms with van der Waals surface area (Å²) in [4.78, 5) is 24.2. The molecule has 10 heteroatoms. The number of carbonyl (C=O) groups excluding carboxylic acids is 2. The monoisotopic (exact) mass is 540 g/mol. The molecule has 0 aliphatic carbocycles. The number of allylic oxidation sites excluding steroid dienone is 1. The number of methoxy groups -OCH3 is 1. The van der Waals surface area contributed by atoms with Gasteiger partial charge >= 0.3 is 5.97 Å². The van der Waals surface area contributed by atoms with Gasteiger partial charge < -0.3 is 14.8 Å². The molecule has 1 amide bonds. The summed E-state index contributed by atoms with van der Waals surface area (Å²) in [5.41, 5.74) is 0.423. The van der Waals surface area contributed by atoms with E-state index in [1.807, 2.05) is 40.7 Å². The van der Waals surface area contributed by atoms with Crippen LogP contribution in [0.25, 0.3) is 0 Å². The average Bonchev–Trinajstić information content (AvgIpc) is 3.21. The van der Waals surface area contributed by atoms with E-state index in [4.69, 9.17) is 14.0 Å². The maximum atomic E-state index is 12.4. The lowest BCUT2D eigenvalue weighted by molar-refractivity contribution is -0.149. The molecular weight excluding hydrogens is 496 g/mol. The third-order valence-corrected chi connectivity index (χ3v) is 7.21. The van der Waals surface area contributed by atoms with E-state index < -0.39 is 15.7 Å². The molecule has 1 heterocycles. The van der Waals surface area contributed by atoms with Crippen molar-refractivity contribution in [1.82, 2.24) is 10.6 Å². The second-order valence-corrected chi connectivity index (χ2v) is 11.3. The van der Waals surface area contributed by atoms with Crippen molar-refractivity contribution in [2.24, 2.45) is 5.92 Å². The molecule has 0 aromatic heterocycles. The van der Waals surface area contributed by atoms with Crippen LogP contribution in [0.5, 0.6) is 0 Å². The third kappa shape index (κ3) is 10.2. The molecule has 0 radical (unpaired) electrons. The van der Waals surface area contributed by atoms with E-state index in [1.165, 1.54) is 19.1 Å². The van der Waals surface area contributed by atoms with Gasteiger partial charge in [-0.05, 0) is 65.5 Å². The highest BCUT2D eigenvalue weighted by molar-refractivity contribution is 7.85. The first-order chi connectivity index (χ1) is 17.2. The van der Waals surface area contributed by atoms with E-state index in [0.29, 0.717) is 6.42 Å². The Morgan fingerprint density at radius 3 is 2.30 bits per heavy atom. The third-order valence-electron chi connectivity index (χ3n) is 6.35. The number of amides is 1. The summed E-state index contributed by atoms with van der Waals surface area (Å²) < 4.78 is 40.8. The number of aryl methyl sites for hydroxylation is 1. The second-order valence-electron chi connectivity index (χ2n) is 9.89. The van der Waals surface area contributed by atoms with Crippen molar-refractivity contribution in [2.45, 2.75) is 102 Å². The van der Waals surface area contributed by atoms with Crippen LogP contribution in [0.1, 0.15) is 66.4 Å². The largest absolute Gasteiger partial charge is 0.462 e. The predicted molar refractivity (Wildman–Crippen MR) is 144 cm³/mol. The summed E-state index contributed by atoms with van der Waals surface area (Å²) in [6.45, 7) is 13.1. The summed E-state index contributed by atoms with van der Waals surface area (Å²) in [6, 6.07) is 5.23. The Kier molecular flexibility index (Phi) is 12.9. The molecule has 37 heavy (non-hydrogen) atoms. The normalized spacial score (nSPS) is 22.2. The minimum absolute atomic E-state index is 0.0666. The highest BCUT2D eigenvalue weighted by Crippen LogP contribution is 2.33. The maximum Gasteiger partial charge on any atom is 0.323 e. The smallest absolute Gasteiger partial charge is 0.323 e. The van der Waals surface area contributed by atoms with Gasteiger partial charge in [-0.3, -0.25) is 19.5 Å². The molecule has 5 atom stereocenters. The number of ether oxygens (including phenoxy) is 2. The molecule has 1 fully saturated rings. The van der Waals surface area contributed by atoms with Crippen molar-refractivity contribution >= 4 is 22.0 Å². The first-order valence-electron chi connectivity index (χ1n) is 12.6. The Balaban J connectivity index is 0.000000516. The van der Waals surface area contributed by atoms with Gasteiger partial charge in [0.05, 0.1) is 22.6 Å². The van der Waals surface area contributed by atoms with Gasteiger partial charge in [0.25, 0.3) is 10.1 Å². The Morgan fingerprint density at radius 2 is 1.86 bits per heavy atom. The van der Waals surface area contributed by atoms with Crippen molar-refractivity contribution in [1.29, 1.82) is 0 Å². The van der Waals surface area contributed by atoms with Crippen LogP contribution >= 0.6 is 0 Å². The molecule has 0 spiro atoms. The Morgan fingerprint density at radius 1 is 1.27 bits per heavy atom. The summed E-state index contributed by atoms with van der Waals surface area (Å²) in [7, 11) is -2.34. The first-order valence-corrected chi connectivity index (χ1v) is 14.1. The SMILES string of the molecule is C/C=C\C1C[C@H](C(=O)OC(C)C)N[C@H]1[C@@H](NC(C)=O)[C@](C)(CCC)OC.Cc1ccc(S(=O)(=O)O)cc1. The van der Waals surface area contributed by atoms with Gasteiger partial charge in [0.2, 0.25) is 5.91 Å². The molecule has 210 valence electrons. The topological polar surface area (TPSA) is 131 Å². The number of rotatable bonds is 10. The summed E-state index contributed by atoms with van der Waals surface area (Å²) >= 11 is 0. The zero-order valence-corrected chi connectivity index (χ0v) is 24.1. The van der Waals surface area contributed by atoms with E-state index in [-0.39, 0.29) is 46.9 Å². The van der Waals surface area contributed by atoms with Gasteiger partial charge in [-0.25, -0.2) is 0 Å². The van der Waals surface area contributed by atoms with Gasteiger partial charge in [0, 0.05) is 20.1 Å². The molecule has 0 bridgehead atoms. The molecule has 1 aromatic rings. The lowest BCUT2D eigenvalue weighted by Crippen LogP contribution is -2.62. The second kappa shape index (κ2) is 14.6. The van der Waals surface area contributed by atoms with Gasteiger partial charge in [-0.1, -0.05) is 43.2 Å². The molecule has 2 rings (SSSR count). The Bertz CT molecular complexity index is 1010. The highest BCUT2D eigenvalue weighted by Gasteiger charge is 2.47. The number of nitrogens with one attached hydrogen (secondary N) is 2. The van der Waals surface area contributed by atoms with Gasteiger partial charge in [0.1, 0.15) is 6.04 Å². The first kappa shape index (κ1) is 32.8. The van der Waals surface area contributed by atoms with Gasteiger partial charge in [-0.2, -0.15) is 8.42 Å². The molecule has 1 aromatic carbocycles. The van der Waals surface area contributed by atoms with Crippen molar-refractivity contribution in [3.05, 3.63) is 42.0 Å². The molecule has 9 nitrogen and oxygen atoms in total. The van der Waals surface area contributed by atoms with Crippen LogP contribution in [0.4, 0.5) is 0 Å². The minimum atomic E-state index is -4.02. The van der Waals surface area contributed by atoms with Crippen molar-refractivity contribution < 1.29 is 32.0 Å². The van der Waals surface area contributed by atoms with E-state index >= 15 is 0 Å². The zero-order chi connectivity index (χ0) is 28.4. The van der Waals surface area contributed by atoms with E-state index in [2.05, 4.69) is 23.6 Å². The van der Waals surface area contributed by atoms with Crippen LogP contribution in [-0.4, -0.2) is 61.8 Å². The van der Waals surface area contributed by atoms with Crippen LogP contribution < -0.4 is 10.6 Å². The average molecular weight is 541 g/mol. The number of benzene rings is 1. The Labute approximate surface area is 222 Å².